The predicted molar refractivity (Wildman–Crippen MR) is 71.0 cm³/mol. The minimum absolute atomic E-state index is 0.290. The first kappa shape index (κ1) is 12.9. The van der Waals surface area contributed by atoms with E-state index in [0.717, 1.165) is 9.91 Å². The molecule has 1 aliphatic heterocycles. The summed E-state index contributed by atoms with van der Waals surface area (Å²) in [4.78, 5) is 35.6. The number of hydrogen-bond acceptors (Lipinski definition) is 4. The molecule has 0 bridgehead atoms. The Kier molecular flexibility index (Phi) is 3.41. The summed E-state index contributed by atoms with van der Waals surface area (Å²) in [6.07, 6.45) is 1.29. The molecule has 0 aliphatic carbocycles. The average Bonchev–Trinajstić information content (AvgIpc) is 2.72. The number of benzene rings is 1. The van der Waals surface area contributed by atoms with Gasteiger partial charge in [0.2, 0.25) is 0 Å². The van der Waals surface area contributed by atoms with Gasteiger partial charge in [-0.15, -0.1) is 4.91 Å². The van der Waals surface area contributed by atoms with Crippen LogP contribution in [0.5, 0.6) is 0 Å². The monoisotopic (exact) mass is 259 g/mol. The second kappa shape index (κ2) is 5.01. The average molecular weight is 259 g/mol. The molecule has 0 spiro atoms. The van der Waals surface area contributed by atoms with Crippen molar-refractivity contribution in [3.05, 3.63) is 40.8 Å². The van der Waals surface area contributed by atoms with Crippen molar-refractivity contribution in [2.24, 2.45) is 5.29 Å². The van der Waals surface area contributed by atoms with E-state index in [1.54, 1.807) is 31.2 Å². The second-order valence-corrected chi connectivity index (χ2v) is 4.07. The molecule has 0 fully saturated rings. The molecule has 2 amide bonds. The maximum atomic E-state index is 12.1. The quantitative estimate of drug-likeness (QED) is 0.467. The standard InChI is InChI=1S/C13H13N3O3/c1-3-16-12(17)8-10(13(16)18)9-6-4-5-7-11(9)15(2)14-19/h4-8H,3H2,1-2H3. The summed E-state index contributed by atoms with van der Waals surface area (Å²) in [5.41, 5.74) is 1.31. The molecule has 6 heteroatoms. The van der Waals surface area contributed by atoms with Crippen LogP contribution in [0.25, 0.3) is 5.57 Å². The van der Waals surface area contributed by atoms with Gasteiger partial charge in [0.05, 0.1) is 16.5 Å². The summed E-state index contributed by atoms with van der Waals surface area (Å²) in [5, 5.41) is 3.95. The van der Waals surface area contributed by atoms with Crippen molar-refractivity contribution in [1.82, 2.24) is 4.90 Å². The molecule has 0 atom stereocenters. The third-order valence-corrected chi connectivity index (χ3v) is 2.99. The van der Waals surface area contributed by atoms with Crippen molar-refractivity contribution in [1.29, 1.82) is 0 Å². The van der Waals surface area contributed by atoms with Gasteiger partial charge in [0.1, 0.15) is 0 Å². The molecule has 6 nitrogen and oxygen atoms in total. The lowest BCUT2D eigenvalue weighted by Crippen LogP contribution is -2.30. The van der Waals surface area contributed by atoms with Crippen LogP contribution in [0.2, 0.25) is 0 Å². The normalized spacial score (nSPS) is 14.6. The molecule has 2 rings (SSSR count). The number of rotatable bonds is 4. The van der Waals surface area contributed by atoms with Crippen LogP contribution in [0, 0.1) is 4.91 Å². The van der Waals surface area contributed by atoms with Gasteiger partial charge in [0.15, 0.2) is 0 Å². The van der Waals surface area contributed by atoms with Gasteiger partial charge in [-0.2, -0.15) is 0 Å². The molecule has 1 aromatic carbocycles. The SMILES string of the molecule is CCN1C(=O)C=C(c2ccccc2N(C)N=O)C1=O. The zero-order valence-corrected chi connectivity index (χ0v) is 10.7. The fourth-order valence-corrected chi connectivity index (χ4v) is 2.03. The predicted octanol–water partition coefficient (Wildman–Crippen LogP) is 1.58. The number of nitrogens with zero attached hydrogens (tertiary/aromatic N) is 3. The first-order valence-corrected chi connectivity index (χ1v) is 5.84. The molecule has 0 radical (unpaired) electrons. The summed E-state index contributed by atoms with van der Waals surface area (Å²) in [7, 11) is 1.49. The van der Waals surface area contributed by atoms with Crippen LogP contribution in [0.3, 0.4) is 0 Å². The number of carbonyl (C=O) groups excluding carboxylic acids is 2. The molecule has 98 valence electrons. The molecule has 0 aromatic heterocycles. The largest absolute Gasteiger partial charge is 0.275 e. The maximum absolute atomic E-state index is 12.1. The van der Waals surface area contributed by atoms with E-state index in [2.05, 4.69) is 5.29 Å². The summed E-state index contributed by atoms with van der Waals surface area (Å²) < 4.78 is 0. The number of carbonyl (C=O) groups is 2. The molecule has 0 saturated heterocycles. The van der Waals surface area contributed by atoms with E-state index < -0.39 is 0 Å². The van der Waals surface area contributed by atoms with Crippen molar-refractivity contribution in [2.45, 2.75) is 6.92 Å². The maximum Gasteiger partial charge on any atom is 0.261 e. The molecule has 19 heavy (non-hydrogen) atoms. The fraction of sp³-hybridized carbons (Fsp3) is 0.231. The molecular weight excluding hydrogens is 246 g/mol. The third-order valence-electron chi connectivity index (χ3n) is 2.99. The topological polar surface area (TPSA) is 70.1 Å². The lowest BCUT2D eigenvalue weighted by molar-refractivity contribution is -0.136. The molecule has 0 N–H and O–H groups in total. The number of anilines is 1. The van der Waals surface area contributed by atoms with Gasteiger partial charge in [0.25, 0.3) is 11.8 Å². The molecule has 0 saturated carbocycles. The molecule has 0 unspecified atom stereocenters. The van der Waals surface area contributed by atoms with Crippen LogP contribution in [0.15, 0.2) is 35.6 Å². The molecule has 1 heterocycles. The highest BCUT2D eigenvalue weighted by atomic mass is 16.3. The smallest absolute Gasteiger partial charge is 0.261 e. The summed E-state index contributed by atoms with van der Waals surface area (Å²) in [6, 6.07) is 6.84. The van der Waals surface area contributed by atoms with Gasteiger partial charge >= 0.3 is 0 Å². The van der Waals surface area contributed by atoms with Gasteiger partial charge in [-0.3, -0.25) is 14.5 Å². The highest BCUT2D eigenvalue weighted by Crippen LogP contribution is 2.30. The number of imide groups is 1. The van der Waals surface area contributed by atoms with Crippen LogP contribution in [0.1, 0.15) is 12.5 Å². The van der Waals surface area contributed by atoms with Crippen LogP contribution >= 0.6 is 0 Å². The van der Waals surface area contributed by atoms with Crippen molar-refractivity contribution >= 4 is 23.1 Å². The van der Waals surface area contributed by atoms with Crippen LogP contribution in [0.4, 0.5) is 5.69 Å². The molecule has 1 aliphatic rings. The van der Waals surface area contributed by atoms with E-state index in [4.69, 9.17) is 0 Å². The minimum atomic E-state index is -0.348. The Hall–Kier alpha value is -2.50. The number of nitroso groups, excluding NO2 is 1. The Bertz CT molecular complexity index is 580. The summed E-state index contributed by atoms with van der Waals surface area (Å²) >= 11 is 0. The fourth-order valence-electron chi connectivity index (χ4n) is 2.03. The van der Waals surface area contributed by atoms with Gasteiger partial charge in [0, 0.05) is 25.2 Å². The van der Waals surface area contributed by atoms with Gasteiger partial charge in [-0.1, -0.05) is 18.2 Å². The summed E-state index contributed by atoms with van der Waals surface area (Å²) in [5.74, 6) is -0.682. The van der Waals surface area contributed by atoms with Crippen LogP contribution in [-0.2, 0) is 9.59 Å². The molecular formula is C13H13N3O3. The minimum Gasteiger partial charge on any atom is -0.275 e. The van der Waals surface area contributed by atoms with Crippen LogP contribution < -0.4 is 5.01 Å². The van der Waals surface area contributed by atoms with E-state index in [0.29, 0.717) is 17.8 Å². The highest BCUT2D eigenvalue weighted by Gasteiger charge is 2.31. The zero-order valence-electron chi connectivity index (χ0n) is 10.7. The van der Waals surface area contributed by atoms with E-state index >= 15 is 0 Å². The van der Waals surface area contributed by atoms with E-state index in [-0.39, 0.29) is 17.4 Å². The summed E-state index contributed by atoms with van der Waals surface area (Å²) in [6.45, 7) is 2.05. The number of likely N-dealkylation sites (N-methyl/N-ethyl adjacent to an activating group) is 1. The Labute approximate surface area is 110 Å². The number of hydrogen-bond donors (Lipinski definition) is 0. The lowest BCUT2D eigenvalue weighted by Gasteiger charge is -2.15. The van der Waals surface area contributed by atoms with Crippen molar-refractivity contribution in [3.8, 4) is 0 Å². The van der Waals surface area contributed by atoms with Crippen molar-refractivity contribution in [3.63, 3.8) is 0 Å². The van der Waals surface area contributed by atoms with E-state index in [1.807, 2.05) is 0 Å². The number of amides is 2. The Morgan fingerprint density at radius 1 is 1.26 bits per heavy atom. The van der Waals surface area contributed by atoms with Gasteiger partial charge < -0.3 is 0 Å². The van der Waals surface area contributed by atoms with Crippen LogP contribution in [-0.4, -0.2) is 30.3 Å². The Morgan fingerprint density at radius 2 is 1.95 bits per heavy atom. The van der Waals surface area contributed by atoms with Gasteiger partial charge in [-0.25, -0.2) is 5.01 Å². The number of para-hydroxylation sites is 1. The first-order valence-electron chi connectivity index (χ1n) is 5.84. The van der Waals surface area contributed by atoms with E-state index in [9.17, 15) is 14.5 Å². The highest BCUT2D eigenvalue weighted by molar-refractivity contribution is 6.34. The zero-order chi connectivity index (χ0) is 14.0. The third kappa shape index (κ3) is 2.12. The first-order chi connectivity index (χ1) is 9.10. The van der Waals surface area contributed by atoms with Crippen molar-refractivity contribution < 1.29 is 9.59 Å². The Morgan fingerprint density at radius 3 is 2.53 bits per heavy atom. The van der Waals surface area contributed by atoms with Gasteiger partial charge in [-0.05, 0) is 13.0 Å². The molecule has 1 aromatic rings. The Balaban J connectivity index is 2.49. The van der Waals surface area contributed by atoms with Crippen molar-refractivity contribution in [2.75, 3.05) is 18.6 Å². The lowest BCUT2D eigenvalue weighted by atomic mass is 10.0. The second-order valence-electron chi connectivity index (χ2n) is 4.07. The van der Waals surface area contributed by atoms with E-state index in [1.165, 1.54) is 13.1 Å².